The van der Waals surface area contributed by atoms with Gasteiger partial charge >= 0.3 is 0 Å². The molecular weight excluding hydrogens is 336 g/mol. The number of nitrogens with zero attached hydrogens (tertiary/aromatic N) is 3. The Labute approximate surface area is 138 Å². The lowest BCUT2D eigenvalue weighted by Crippen LogP contribution is -2.42. The first-order valence-corrected chi connectivity index (χ1v) is 9.81. The fourth-order valence-corrected chi connectivity index (χ4v) is 4.41. The van der Waals surface area contributed by atoms with Crippen molar-refractivity contribution >= 4 is 32.4 Å². The molecule has 7 nitrogen and oxygen atoms in total. The van der Waals surface area contributed by atoms with E-state index in [1.165, 1.54) is 15.6 Å². The summed E-state index contributed by atoms with van der Waals surface area (Å²) in [7, 11) is -3.38. The second-order valence-corrected chi connectivity index (χ2v) is 8.09. The molecule has 1 amide bonds. The molecule has 0 radical (unpaired) electrons. The Morgan fingerprint density at radius 2 is 2.30 bits per heavy atom. The van der Waals surface area contributed by atoms with Crippen LogP contribution in [-0.4, -0.2) is 47.4 Å². The first kappa shape index (κ1) is 16.0. The number of thiazole rings is 1. The zero-order valence-corrected chi connectivity index (χ0v) is 14.1. The summed E-state index contributed by atoms with van der Waals surface area (Å²) >= 11 is 1.30. The first-order chi connectivity index (χ1) is 10.9. The van der Waals surface area contributed by atoms with Gasteiger partial charge in [0, 0.05) is 29.9 Å². The van der Waals surface area contributed by atoms with Gasteiger partial charge in [-0.25, -0.2) is 13.4 Å². The number of aromatic nitrogens is 2. The lowest BCUT2D eigenvalue weighted by molar-refractivity contribution is -0.119. The minimum Gasteiger partial charge on any atom is -0.301 e. The molecule has 0 aromatic carbocycles. The maximum absolute atomic E-state index is 12.4. The number of anilines is 1. The van der Waals surface area contributed by atoms with E-state index in [-0.39, 0.29) is 5.91 Å². The largest absolute Gasteiger partial charge is 0.301 e. The van der Waals surface area contributed by atoms with Gasteiger partial charge in [-0.2, -0.15) is 4.31 Å². The van der Waals surface area contributed by atoms with E-state index in [0.717, 1.165) is 17.5 Å². The van der Waals surface area contributed by atoms with Crippen molar-refractivity contribution in [3.63, 3.8) is 0 Å². The SMILES string of the molecule is CS(=O)(=O)N1CCC[C@H]1C(=O)Nc1nc(-c2cccnc2)cs1. The van der Waals surface area contributed by atoms with Crippen LogP contribution in [-0.2, 0) is 14.8 Å². The number of rotatable bonds is 4. The summed E-state index contributed by atoms with van der Waals surface area (Å²) < 4.78 is 24.7. The third-order valence-electron chi connectivity index (χ3n) is 3.62. The van der Waals surface area contributed by atoms with E-state index in [1.807, 2.05) is 17.5 Å². The number of sulfonamides is 1. The van der Waals surface area contributed by atoms with E-state index in [4.69, 9.17) is 0 Å². The summed E-state index contributed by atoms with van der Waals surface area (Å²) in [5.74, 6) is -0.333. The lowest BCUT2D eigenvalue weighted by atomic mass is 10.2. The minimum absolute atomic E-state index is 0.333. The van der Waals surface area contributed by atoms with Crippen molar-refractivity contribution in [2.24, 2.45) is 0 Å². The summed E-state index contributed by atoms with van der Waals surface area (Å²) in [6.07, 6.45) is 5.72. The van der Waals surface area contributed by atoms with Crippen molar-refractivity contribution in [2.75, 3.05) is 18.1 Å². The Morgan fingerprint density at radius 1 is 1.48 bits per heavy atom. The van der Waals surface area contributed by atoms with Gasteiger partial charge in [0.15, 0.2) is 5.13 Å². The van der Waals surface area contributed by atoms with E-state index in [1.54, 1.807) is 12.4 Å². The Bertz CT molecular complexity index is 804. The van der Waals surface area contributed by atoms with Crippen LogP contribution in [0.4, 0.5) is 5.13 Å². The fourth-order valence-electron chi connectivity index (χ4n) is 2.57. The predicted molar refractivity (Wildman–Crippen MR) is 88.5 cm³/mol. The smallest absolute Gasteiger partial charge is 0.244 e. The highest BCUT2D eigenvalue weighted by molar-refractivity contribution is 7.88. The molecule has 3 rings (SSSR count). The molecule has 1 saturated heterocycles. The molecule has 1 aliphatic rings. The van der Waals surface area contributed by atoms with E-state index < -0.39 is 16.1 Å². The molecular formula is C14H16N4O3S2. The highest BCUT2D eigenvalue weighted by Crippen LogP contribution is 2.26. The molecule has 0 aliphatic carbocycles. The van der Waals surface area contributed by atoms with Gasteiger partial charge < -0.3 is 5.32 Å². The van der Waals surface area contributed by atoms with E-state index in [2.05, 4.69) is 15.3 Å². The van der Waals surface area contributed by atoms with Gasteiger partial charge in [0.25, 0.3) is 0 Å². The van der Waals surface area contributed by atoms with E-state index >= 15 is 0 Å². The summed E-state index contributed by atoms with van der Waals surface area (Å²) in [5.41, 5.74) is 1.59. The molecule has 1 atom stereocenters. The van der Waals surface area contributed by atoms with Crippen molar-refractivity contribution in [1.29, 1.82) is 0 Å². The van der Waals surface area contributed by atoms with Crippen molar-refractivity contribution in [3.05, 3.63) is 29.9 Å². The standard InChI is InChI=1S/C14H16N4O3S2/c1-23(20,21)18-7-3-5-12(18)13(19)17-14-16-11(9-22-14)10-4-2-6-15-8-10/h2,4,6,8-9,12H,3,5,7H2,1H3,(H,16,17,19)/t12-/m0/s1. The van der Waals surface area contributed by atoms with Crippen LogP contribution >= 0.6 is 11.3 Å². The zero-order chi connectivity index (χ0) is 16.4. The van der Waals surface area contributed by atoms with Gasteiger partial charge in [0.05, 0.1) is 11.9 Å². The normalized spacial score (nSPS) is 18.9. The van der Waals surface area contributed by atoms with Crippen LogP contribution in [0.2, 0.25) is 0 Å². The second-order valence-electron chi connectivity index (χ2n) is 5.30. The number of carbonyl (C=O) groups excluding carboxylic acids is 1. The van der Waals surface area contributed by atoms with Gasteiger partial charge in [-0.1, -0.05) is 0 Å². The highest BCUT2D eigenvalue weighted by atomic mass is 32.2. The minimum atomic E-state index is -3.38. The summed E-state index contributed by atoms with van der Waals surface area (Å²) in [6.45, 7) is 0.385. The van der Waals surface area contributed by atoms with Crippen LogP contribution in [0.3, 0.4) is 0 Å². The average molecular weight is 352 g/mol. The van der Waals surface area contributed by atoms with Crippen LogP contribution in [0.1, 0.15) is 12.8 Å². The van der Waals surface area contributed by atoms with Gasteiger partial charge in [0.2, 0.25) is 15.9 Å². The summed E-state index contributed by atoms with van der Waals surface area (Å²) in [4.78, 5) is 20.7. The third-order valence-corrected chi connectivity index (χ3v) is 5.67. The quantitative estimate of drug-likeness (QED) is 0.902. The number of hydrogen-bond acceptors (Lipinski definition) is 6. The Hall–Kier alpha value is -1.84. The van der Waals surface area contributed by atoms with Gasteiger partial charge in [-0.05, 0) is 25.0 Å². The molecule has 122 valence electrons. The zero-order valence-electron chi connectivity index (χ0n) is 12.5. The van der Waals surface area contributed by atoms with E-state index in [9.17, 15) is 13.2 Å². The number of amides is 1. The number of carbonyl (C=O) groups is 1. The van der Waals surface area contributed by atoms with Crippen LogP contribution in [0.25, 0.3) is 11.3 Å². The summed E-state index contributed by atoms with van der Waals surface area (Å²) in [6, 6.07) is 3.04. The summed E-state index contributed by atoms with van der Waals surface area (Å²) in [5, 5.41) is 5.00. The molecule has 2 aromatic heterocycles. The van der Waals surface area contributed by atoms with Gasteiger partial charge in [0.1, 0.15) is 6.04 Å². The molecule has 1 aliphatic heterocycles. The topological polar surface area (TPSA) is 92.3 Å². The average Bonchev–Trinajstić information content (AvgIpc) is 3.16. The molecule has 23 heavy (non-hydrogen) atoms. The maximum atomic E-state index is 12.4. The van der Waals surface area contributed by atoms with Gasteiger partial charge in [-0.15, -0.1) is 11.3 Å². The second kappa shape index (κ2) is 6.34. The molecule has 0 bridgehead atoms. The van der Waals surface area contributed by atoms with Crippen LogP contribution in [0.5, 0.6) is 0 Å². The molecule has 0 unspecified atom stereocenters. The third kappa shape index (κ3) is 3.57. The predicted octanol–water partition coefficient (Wildman–Crippen LogP) is 1.57. The number of nitrogens with one attached hydrogen (secondary N) is 1. The monoisotopic (exact) mass is 352 g/mol. The van der Waals surface area contributed by atoms with Gasteiger partial charge in [-0.3, -0.25) is 9.78 Å². The molecule has 3 heterocycles. The lowest BCUT2D eigenvalue weighted by Gasteiger charge is -2.20. The van der Waals surface area contributed by atoms with Crippen LogP contribution < -0.4 is 5.32 Å². The van der Waals surface area contributed by atoms with E-state index in [0.29, 0.717) is 24.5 Å². The molecule has 1 N–H and O–H groups in total. The first-order valence-electron chi connectivity index (χ1n) is 7.09. The van der Waals surface area contributed by atoms with Crippen molar-refractivity contribution in [3.8, 4) is 11.3 Å². The number of pyridine rings is 1. The van der Waals surface area contributed by atoms with Crippen molar-refractivity contribution in [1.82, 2.24) is 14.3 Å². The fraction of sp³-hybridized carbons (Fsp3) is 0.357. The molecule has 0 spiro atoms. The Morgan fingerprint density at radius 3 is 3.00 bits per heavy atom. The Balaban J connectivity index is 1.73. The maximum Gasteiger partial charge on any atom is 0.244 e. The van der Waals surface area contributed by atoms with Crippen LogP contribution in [0, 0.1) is 0 Å². The molecule has 0 saturated carbocycles. The Kier molecular flexibility index (Phi) is 4.42. The highest BCUT2D eigenvalue weighted by Gasteiger charge is 2.36. The van der Waals surface area contributed by atoms with Crippen LogP contribution in [0.15, 0.2) is 29.9 Å². The van der Waals surface area contributed by atoms with Crippen molar-refractivity contribution < 1.29 is 13.2 Å². The number of hydrogen-bond donors (Lipinski definition) is 1. The molecule has 9 heteroatoms. The van der Waals surface area contributed by atoms with Crippen molar-refractivity contribution in [2.45, 2.75) is 18.9 Å². The molecule has 1 fully saturated rings. The molecule has 2 aromatic rings.